The van der Waals surface area contributed by atoms with E-state index in [0.29, 0.717) is 34.8 Å². The van der Waals surface area contributed by atoms with E-state index in [0.717, 1.165) is 52.5 Å². The van der Waals surface area contributed by atoms with Crippen LogP contribution >= 0.6 is 0 Å². The number of rotatable bonds is 12. The number of halogens is 1. The number of carbonyl (C=O) groups is 1. The van der Waals surface area contributed by atoms with E-state index in [9.17, 15) is 14.9 Å². The molecule has 0 saturated heterocycles. The van der Waals surface area contributed by atoms with Gasteiger partial charge in [0.15, 0.2) is 23.1 Å². The lowest BCUT2D eigenvalue weighted by Gasteiger charge is -2.30. The first kappa shape index (κ1) is 35.5. The number of pyridine rings is 2. The molecule has 7 rings (SSSR count). The first-order valence-corrected chi connectivity index (χ1v) is 17.1. The van der Waals surface area contributed by atoms with Crippen LogP contribution in [-0.2, 0) is 11.8 Å². The maximum absolute atomic E-state index is 15.8. The Morgan fingerprint density at radius 1 is 1.02 bits per heavy atom. The van der Waals surface area contributed by atoms with Crippen molar-refractivity contribution >= 4 is 45.0 Å². The molecule has 2 aromatic heterocycles. The Bertz CT molecular complexity index is 2520. The molecule has 272 valence electrons. The minimum Gasteiger partial charge on any atom is -0.493 e. The highest BCUT2D eigenvalue weighted by Gasteiger charge is 2.45. The van der Waals surface area contributed by atoms with Crippen LogP contribution in [-0.4, -0.2) is 46.9 Å². The minimum atomic E-state index is -1.53. The number of aromatic nitrogens is 2. The Kier molecular flexibility index (Phi) is 9.86. The topological polar surface area (TPSA) is 164 Å². The van der Waals surface area contributed by atoms with Crippen molar-refractivity contribution in [3.63, 3.8) is 0 Å². The van der Waals surface area contributed by atoms with E-state index in [2.05, 4.69) is 46.7 Å². The molecule has 13 heteroatoms. The Balaban J connectivity index is 1.10. The fraction of sp³-hybridized carbons (Fsp3) is 0.171. The van der Waals surface area contributed by atoms with Gasteiger partial charge in [-0.2, -0.15) is 5.10 Å². The monoisotopic (exact) mass is 726 g/mol. The van der Waals surface area contributed by atoms with E-state index in [1.54, 1.807) is 30.5 Å². The number of hydrazone groups is 1. The number of carbonyl (C=O) groups excluding carboxylic acids is 1. The molecule has 3 N–H and O–H groups in total. The Labute approximate surface area is 308 Å². The second-order valence-electron chi connectivity index (χ2n) is 12.8. The van der Waals surface area contributed by atoms with Crippen LogP contribution in [0.1, 0.15) is 23.1 Å². The molecule has 6 aromatic rings. The van der Waals surface area contributed by atoms with Crippen molar-refractivity contribution < 1.29 is 28.3 Å². The molecule has 0 saturated carbocycles. The number of benzene rings is 4. The summed E-state index contributed by atoms with van der Waals surface area (Å²) in [5, 5.41) is 18.6. The number of para-hydroxylation sites is 1. The van der Waals surface area contributed by atoms with E-state index in [-0.39, 0.29) is 11.3 Å². The van der Waals surface area contributed by atoms with Crippen molar-refractivity contribution in [3.05, 3.63) is 142 Å². The zero-order valence-electron chi connectivity index (χ0n) is 29.4. The van der Waals surface area contributed by atoms with E-state index in [4.69, 9.17) is 24.9 Å². The van der Waals surface area contributed by atoms with Crippen molar-refractivity contribution in [3.8, 4) is 23.0 Å². The van der Waals surface area contributed by atoms with Gasteiger partial charge in [0, 0.05) is 39.6 Å². The summed E-state index contributed by atoms with van der Waals surface area (Å²) in [6.07, 6.45) is 10.2. The lowest BCUT2D eigenvalue weighted by atomic mass is 9.73. The van der Waals surface area contributed by atoms with Gasteiger partial charge in [0.1, 0.15) is 11.2 Å². The summed E-state index contributed by atoms with van der Waals surface area (Å²) in [6.45, 7) is 2.49. The van der Waals surface area contributed by atoms with Crippen LogP contribution in [0.4, 0.5) is 9.18 Å². The number of nitrogens with one attached hydrogen (secondary N) is 1. The number of allylic oxidation sites excluding steroid dienone is 2. The van der Waals surface area contributed by atoms with Crippen molar-refractivity contribution in [2.75, 3.05) is 13.7 Å². The van der Waals surface area contributed by atoms with E-state index in [1.807, 2.05) is 18.2 Å². The van der Waals surface area contributed by atoms with Gasteiger partial charge in [0.2, 0.25) is 6.04 Å². The number of aryl methyl sites for hydroxylation is 2. The zero-order chi connectivity index (χ0) is 37.8. The first-order chi connectivity index (χ1) is 26.2. The van der Waals surface area contributed by atoms with Crippen LogP contribution in [0, 0.1) is 22.9 Å². The second-order valence-corrected chi connectivity index (χ2v) is 12.8. The van der Waals surface area contributed by atoms with Crippen LogP contribution in [0.25, 0.3) is 32.7 Å². The fourth-order valence-corrected chi connectivity index (χ4v) is 6.73. The average Bonchev–Trinajstić information content (AvgIpc) is 3.17. The molecule has 2 unspecified atom stereocenters. The van der Waals surface area contributed by atoms with Gasteiger partial charge < -0.3 is 19.9 Å². The number of methoxy groups -OCH3 is 1. The lowest BCUT2D eigenvalue weighted by molar-refractivity contribution is -0.515. The van der Waals surface area contributed by atoms with Crippen molar-refractivity contribution in [1.82, 2.24) is 15.4 Å². The summed E-state index contributed by atoms with van der Waals surface area (Å²) in [5.41, 5.74) is 10.7. The number of nitrogens with two attached hydrogens (primary N) is 1. The summed E-state index contributed by atoms with van der Waals surface area (Å²) >= 11 is 0. The molecular weight excluding hydrogens is 691 g/mol. The molecule has 1 aliphatic rings. The SMILES string of the molecule is COc1cc2c(Oc3ccc(C4(C=NNC(N)=O)C=CC=CC4[N+](=O)[O-])cc3F)ccnc2cc1OCCCc1ccc(C)c2nc3ccccc3cc12. The Morgan fingerprint density at radius 2 is 1.87 bits per heavy atom. The second kappa shape index (κ2) is 15.0. The molecule has 0 bridgehead atoms. The third kappa shape index (κ3) is 6.98. The van der Waals surface area contributed by atoms with Crippen LogP contribution in [0.5, 0.6) is 23.0 Å². The quantitative estimate of drug-likeness (QED) is 0.0423. The molecule has 1 aliphatic carbocycles. The molecule has 0 radical (unpaired) electrons. The molecule has 0 aliphatic heterocycles. The molecule has 12 nitrogen and oxygen atoms in total. The fourth-order valence-electron chi connectivity index (χ4n) is 6.73. The van der Waals surface area contributed by atoms with Gasteiger partial charge in [-0.3, -0.25) is 15.1 Å². The Hall–Kier alpha value is -6.89. The van der Waals surface area contributed by atoms with Crippen molar-refractivity contribution in [1.29, 1.82) is 0 Å². The number of fused-ring (bicyclic) bond motifs is 3. The molecule has 2 heterocycles. The molecule has 0 fully saturated rings. The highest BCUT2D eigenvalue weighted by atomic mass is 19.1. The number of nitro groups is 1. The number of urea groups is 1. The third-order valence-electron chi connectivity index (χ3n) is 9.41. The summed E-state index contributed by atoms with van der Waals surface area (Å²) in [5.74, 6) is 0.332. The number of nitrogens with zero attached hydrogens (tertiary/aromatic N) is 4. The third-order valence-corrected chi connectivity index (χ3v) is 9.41. The van der Waals surface area contributed by atoms with E-state index in [1.165, 1.54) is 43.0 Å². The summed E-state index contributed by atoms with van der Waals surface area (Å²) in [4.78, 5) is 32.2. The maximum Gasteiger partial charge on any atom is 0.332 e. The zero-order valence-corrected chi connectivity index (χ0v) is 29.4. The smallest absolute Gasteiger partial charge is 0.332 e. The van der Waals surface area contributed by atoms with Crippen LogP contribution in [0.2, 0.25) is 0 Å². The summed E-state index contributed by atoms with van der Waals surface area (Å²) in [7, 11) is 1.53. The minimum absolute atomic E-state index is 0.132. The van der Waals surface area contributed by atoms with Crippen molar-refractivity contribution in [2.24, 2.45) is 10.8 Å². The van der Waals surface area contributed by atoms with Gasteiger partial charge in [-0.25, -0.2) is 19.6 Å². The van der Waals surface area contributed by atoms with Crippen LogP contribution < -0.4 is 25.4 Å². The van der Waals surface area contributed by atoms with Gasteiger partial charge in [0.25, 0.3) is 0 Å². The highest BCUT2D eigenvalue weighted by Crippen LogP contribution is 2.40. The predicted octanol–water partition coefficient (Wildman–Crippen LogP) is 7.86. The largest absolute Gasteiger partial charge is 0.493 e. The highest BCUT2D eigenvalue weighted by molar-refractivity contribution is 5.96. The van der Waals surface area contributed by atoms with Crippen molar-refractivity contribution in [2.45, 2.75) is 31.2 Å². The molecule has 4 aromatic carbocycles. The Morgan fingerprint density at radius 3 is 2.67 bits per heavy atom. The number of primary amides is 1. The lowest BCUT2D eigenvalue weighted by Crippen LogP contribution is -2.45. The molecule has 0 spiro atoms. The van der Waals surface area contributed by atoms with Crippen LogP contribution in [0.15, 0.2) is 114 Å². The first-order valence-electron chi connectivity index (χ1n) is 17.1. The number of hydrogen-bond acceptors (Lipinski definition) is 9. The molecular formula is C41H35FN6O6. The normalized spacial score (nSPS) is 16.6. The van der Waals surface area contributed by atoms with Gasteiger partial charge in [-0.1, -0.05) is 54.6 Å². The van der Waals surface area contributed by atoms with E-state index >= 15 is 4.39 Å². The predicted molar refractivity (Wildman–Crippen MR) is 205 cm³/mol. The summed E-state index contributed by atoms with van der Waals surface area (Å²) in [6, 6.07) is 21.4. The van der Waals surface area contributed by atoms with Crippen LogP contribution in [0.3, 0.4) is 0 Å². The van der Waals surface area contributed by atoms with E-state index < -0.39 is 28.2 Å². The molecule has 2 amide bonds. The number of amides is 2. The maximum atomic E-state index is 15.8. The van der Waals surface area contributed by atoms with Gasteiger partial charge in [-0.05, 0) is 78.9 Å². The van der Waals surface area contributed by atoms with Gasteiger partial charge in [0.05, 0.1) is 30.3 Å². The summed E-state index contributed by atoms with van der Waals surface area (Å²) < 4.78 is 33.7. The molecule has 2 atom stereocenters. The standard InChI is InChI=1S/C41H35FN6O6/c1-25-12-13-26(29-20-27-8-3-4-10-32(27)46-39(25)29)9-7-19-53-37-23-33-30(22-36(37)52-2)34(16-18-44-33)54-35-15-14-28(21-31(35)42)41(24-45-47-40(43)49)17-6-5-11-38(41)48(50)51/h3-6,8,10-18,20-24,38H,7,9,19H2,1-2H3,(H3,43,47,49). The average molecular weight is 727 g/mol. The number of ether oxygens (including phenoxy) is 3. The van der Waals surface area contributed by atoms with Gasteiger partial charge in [-0.15, -0.1) is 0 Å². The number of hydrogen-bond donors (Lipinski definition) is 2. The molecule has 54 heavy (non-hydrogen) atoms. The van der Waals surface area contributed by atoms with Gasteiger partial charge >= 0.3 is 6.03 Å².